The highest BCUT2D eigenvalue weighted by Crippen LogP contribution is 2.29. The summed E-state index contributed by atoms with van der Waals surface area (Å²) in [5.41, 5.74) is 3.57. The first-order chi connectivity index (χ1) is 9.22. The highest BCUT2D eigenvalue weighted by molar-refractivity contribution is 9.10. The van der Waals surface area contributed by atoms with Crippen molar-refractivity contribution in [2.24, 2.45) is 5.84 Å². The maximum atomic E-state index is 5.42. The molecular formula is C13H15BrN4S. The predicted octanol–water partition coefficient (Wildman–Crippen LogP) is 3.38. The second kappa shape index (κ2) is 6.88. The molecule has 0 radical (unpaired) electrons. The third-order valence-electron chi connectivity index (χ3n) is 2.53. The van der Waals surface area contributed by atoms with Crippen LogP contribution >= 0.6 is 27.7 Å². The monoisotopic (exact) mass is 338 g/mol. The minimum atomic E-state index is 0.662. The Bertz CT molecular complexity index is 540. The van der Waals surface area contributed by atoms with E-state index in [9.17, 15) is 0 Å². The second-order valence-corrected chi connectivity index (χ2v) is 5.75. The van der Waals surface area contributed by atoms with Crippen LogP contribution in [0.15, 0.2) is 39.7 Å². The van der Waals surface area contributed by atoms with Gasteiger partial charge in [0.1, 0.15) is 11.6 Å². The minimum Gasteiger partial charge on any atom is -0.308 e. The summed E-state index contributed by atoms with van der Waals surface area (Å²) in [6, 6.07) is 9.98. The molecule has 4 nitrogen and oxygen atoms in total. The molecule has 1 aromatic heterocycles. The zero-order valence-electron chi connectivity index (χ0n) is 10.6. The molecule has 0 saturated heterocycles. The predicted molar refractivity (Wildman–Crippen MR) is 82.9 cm³/mol. The molecule has 0 aliphatic carbocycles. The van der Waals surface area contributed by atoms with E-state index in [4.69, 9.17) is 5.84 Å². The van der Waals surface area contributed by atoms with E-state index in [-0.39, 0.29) is 0 Å². The molecule has 3 N–H and O–H groups in total. The van der Waals surface area contributed by atoms with Crippen molar-refractivity contribution in [2.75, 3.05) is 5.43 Å². The van der Waals surface area contributed by atoms with Crippen molar-refractivity contribution >= 4 is 33.5 Å². The zero-order valence-corrected chi connectivity index (χ0v) is 13.0. The van der Waals surface area contributed by atoms with Crippen LogP contribution in [0.5, 0.6) is 0 Å². The van der Waals surface area contributed by atoms with E-state index in [1.54, 1.807) is 11.8 Å². The third kappa shape index (κ3) is 3.92. The number of hydrogen-bond acceptors (Lipinski definition) is 5. The van der Waals surface area contributed by atoms with E-state index in [1.165, 1.54) is 4.90 Å². The normalized spacial score (nSPS) is 10.5. The summed E-state index contributed by atoms with van der Waals surface area (Å²) in [5.74, 6) is 7.58. The summed E-state index contributed by atoms with van der Waals surface area (Å²) < 4.78 is 1.09. The van der Waals surface area contributed by atoms with Gasteiger partial charge in [-0.1, -0.05) is 19.1 Å². The molecule has 0 spiro atoms. The average Bonchev–Trinajstić information content (AvgIpc) is 2.46. The number of thioether (sulfide) groups is 1. The number of halogens is 1. The number of nitrogen functional groups attached to an aromatic ring is 1. The molecule has 0 fully saturated rings. The fraction of sp³-hybridized carbons (Fsp3) is 0.231. The molecule has 0 unspecified atom stereocenters. The summed E-state index contributed by atoms with van der Waals surface area (Å²) in [4.78, 5) is 10.0. The fourth-order valence-corrected chi connectivity index (χ4v) is 3.00. The van der Waals surface area contributed by atoms with Crippen LogP contribution in [0.1, 0.15) is 18.4 Å². The smallest absolute Gasteiger partial charge is 0.143 e. The van der Waals surface area contributed by atoms with Crippen molar-refractivity contribution in [2.45, 2.75) is 24.0 Å². The Morgan fingerprint density at radius 2 is 2.11 bits per heavy atom. The van der Waals surface area contributed by atoms with Crippen LogP contribution in [0, 0.1) is 0 Å². The fourth-order valence-electron chi connectivity index (χ4n) is 1.58. The molecule has 2 aromatic rings. The topological polar surface area (TPSA) is 63.8 Å². The van der Waals surface area contributed by atoms with Gasteiger partial charge >= 0.3 is 0 Å². The maximum absolute atomic E-state index is 5.42. The first-order valence-corrected chi connectivity index (χ1v) is 7.71. The number of benzene rings is 1. The summed E-state index contributed by atoms with van der Waals surface area (Å²) in [6.45, 7) is 2.06. The molecule has 1 aromatic carbocycles. The van der Waals surface area contributed by atoms with Gasteiger partial charge in [-0.05, 0) is 34.5 Å². The van der Waals surface area contributed by atoms with Gasteiger partial charge in [-0.15, -0.1) is 11.8 Å². The zero-order chi connectivity index (χ0) is 13.7. The van der Waals surface area contributed by atoms with Crippen LogP contribution in [0.4, 0.5) is 5.82 Å². The van der Waals surface area contributed by atoms with Gasteiger partial charge in [0.05, 0.1) is 5.75 Å². The third-order valence-corrected chi connectivity index (χ3v) is 4.55. The highest BCUT2D eigenvalue weighted by Gasteiger charge is 2.05. The molecule has 0 saturated carbocycles. The average molecular weight is 339 g/mol. The first-order valence-electron chi connectivity index (χ1n) is 5.93. The molecule has 1 heterocycles. The summed E-state index contributed by atoms with van der Waals surface area (Å²) in [6.07, 6.45) is 0.865. The molecule has 0 amide bonds. The van der Waals surface area contributed by atoms with Gasteiger partial charge < -0.3 is 5.43 Å². The van der Waals surface area contributed by atoms with Gasteiger partial charge in [0, 0.05) is 21.1 Å². The van der Waals surface area contributed by atoms with E-state index in [1.807, 2.05) is 24.3 Å². The Kier molecular flexibility index (Phi) is 5.18. The van der Waals surface area contributed by atoms with Crippen LogP contribution in [-0.2, 0) is 12.2 Å². The lowest BCUT2D eigenvalue weighted by Gasteiger charge is -2.07. The molecule has 6 heteroatoms. The lowest BCUT2D eigenvalue weighted by Crippen LogP contribution is -2.11. The number of aryl methyl sites for hydroxylation is 1. The SMILES string of the molecule is CCc1cc(NN)nc(CSc2ccccc2Br)n1. The van der Waals surface area contributed by atoms with Gasteiger partial charge in [0.15, 0.2) is 0 Å². The standard InChI is InChI=1S/C13H15BrN4S/c1-2-9-7-12(18-15)17-13(16-9)8-19-11-6-4-3-5-10(11)14/h3-7H,2,8,15H2,1H3,(H,16,17,18). The molecule has 0 aliphatic rings. The lowest BCUT2D eigenvalue weighted by atomic mass is 10.3. The summed E-state index contributed by atoms with van der Waals surface area (Å²) in [7, 11) is 0. The van der Waals surface area contributed by atoms with Crippen LogP contribution in [0.3, 0.4) is 0 Å². The number of anilines is 1. The highest BCUT2D eigenvalue weighted by atomic mass is 79.9. The van der Waals surface area contributed by atoms with Crippen molar-refractivity contribution in [3.8, 4) is 0 Å². The number of nitrogens with two attached hydrogens (primary N) is 1. The van der Waals surface area contributed by atoms with E-state index in [0.29, 0.717) is 11.6 Å². The van der Waals surface area contributed by atoms with Gasteiger partial charge in [0.25, 0.3) is 0 Å². The minimum absolute atomic E-state index is 0.662. The Morgan fingerprint density at radius 3 is 2.79 bits per heavy atom. The molecule has 2 rings (SSSR count). The van der Waals surface area contributed by atoms with Crippen molar-refractivity contribution in [1.29, 1.82) is 0 Å². The molecule has 0 bridgehead atoms. The van der Waals surface area contributed by atoms with Gasteiger partial charge in [0.2, 0.25) is 0 Å². The molecule has 100 valence electrons. The largest absolute Gasteiger partial charge is 0.308 e. The van der Waals surface area contributed by atoms with Crippen molar-refractivity contribution in [3.63, 3.8) is 0 Å². The quantitative estimate of drug-likeness (QED) is 0.497. The van der Waals surface area contributed by atoms with Gasteiger partial charge in [-0.2, -0.15) is 0 Å². The van der Waals surface area contributed by atoms with Crippen molar-refractivity contribution < 1.29 is 0 Å². The van der Waals surface area contributed by atoms with Crippen molar-refractivity contribution in [1.82, 2.24) is 9.97 Å². The van der Waals surface area contributed by atoms with Crippen LogP contribution in [-0.4, -0.2) is 9.97 Å². The number of nitrogens with zero attached hydrogens (tertiary/aromatic N) is 2. The molecule has 19 heavy (non-hydrogen) atoms. The Balaban J connectivity index is 2.13. The van der Waals surface area contributed by atoms with Gasteiger partial charge in [-0.25, -0.2) is 15.8 Å². The van der Waals surface area contributed by atoms with Crippen molar-refractivity contribution in [3.05, 3.63) is 46.3 Å². The number of nitrogens with one attached hydrogen (secondary N) is 1. The number of hydrogen-bond donors (Lipinski definition) is 2. The van der Waals surface area contributed by atoms with E-state index >= 15 is 0 Å². The molecular weight excluding hydrogens is 324 g/mol. The number of aromatic nitrogens is 2. The summed E-state index contributed by atoms with van der Waals surface area (Å²) >= 11 is 5.23. The Morgan fingerprint density at radius 1 is 1.32 bits per heavy atom. The molecule has 0 aliphatic heterocycles. The molecule has 0 atom stereocenters. The Labute approximate surface area is 125 Å². The van der Waals surface area contributed by atoms with Gasteiger partial charge in [-0.3, -0.25) is 0 Å². The second-order valence-electron chi connectivity index (χ2n) is 3.88. The number of rotatable bonds is 5. The van der Waals surface area contributed by atoms with Crippen LogP contribution < -0.4 is 11.3 Å². The number of hydrazine groups is 1. The van der Waals surface area contributed by atoms with E-state index in [2.05, 4.69) is 44.3 Å². The first kappa shape index (κ1) is 14.3. The van der Waals surface area contributed by atoms with E-state index < -0.39 is 0 Å². The lowest BCUT2D eigenvalue weighted by molar-refractivity contribution is 0.938. The van der Waals surface area contributed by atoms with Crippen LogP contribution in [0.25, 0.3) is 0 Å². The Hall–Kier alpha value is -1.11. The van der Waals surface area contributed by atoms with E-state index in [0.717, 1.165) is 22.4 Å². The maximum Gasteiger partial charge on any atom is 0.143 e. The van der Waals surface area contributed by atoms with Crippen LogP contribution in [0.2, 0.25) is 0 Å². The summed E-state index contributed by atoms with van der Waals surface area (Å²) in [5, 5.41) is 0.